The number of carbonyl (C=O) groups is 2. The summed E-state index contributed by atoms with van der Waals surface area (Å²) in [4.78, 5) is 29.9. The standard InChI is InChI=1S/C21H21N3O5/c1-24(2)15-8-5-13(6-9-15)20-23-16-11-14(7-10-18(16)29-20)22-17(21(26)28-4)12-19(25)27-3/h5-12,22H,1-4H3/b17-12+. The van der Waals surface area contributed by atoms with E-state index in [-0.39, 0.29) is 5.70 Å². The number of esters is 2. The van der Waals surface area contributed by atoms with Crippen molar-refractivity contribution in [2.45, 2.75) is 0 Å². The van der Waals surface area contributed by atoms with Gasteiger partial charge >= 0.3 is 11.9 Å². The third-order valence-corrected chi connectivity index (χ3v) is 4.17. The lowest BCUT2D eigenvalue weighted by atomic mass is 10.2. The molecule has 0 saturated carbocycles. The van der Waals surface area contributed by atoms with E-state index >= 15 is 0 Å². The highest BCUT2D eigenvalue weighted by Crippen LogP contribution is 2.28. The monoisotopic (exact) mass is 395 g/mol. The summed E-state index contributed by atoms with van der Waals surface area (Å²) in [5.74, 6) is -0.887. The minimum atomic E-state index is -0.697. The third kappa shape index (κ3) is 4.55. The van der Waals surface area contributed by atoms with Crippen LogP contribution < -0.4 is 10.2 Å². The normalized spacial score (nSPS) is 11.2. The summed E-state index contributed by atoms with van der Waals surface area (Å²) in [6, 6.07) is 13.0. The number of fused-ring (bicyclic) bond motifs is 1. The lowest BCUT2D eigenvalue weighted by Gasteiger charge is -2.11. The Kier molecular flexibility index (Phi) is 5.82. The molecule has 0 aliphatic heterocycles. The van der Waals surface area contributed by atoms with Gasteiger partial charge in [0.1, 0.15) is 11.2 Å². The molecule has 0 atom stereocenters. The van der Waals surface area contributed by atoms with E-state index in [9.17, 15) is 9.59 Å². The number of nitrogens with zero attached hydrogens (tertiary/aromatic N) is 2. The van der Waals surface area contributed by atoms with Gasteiger partial charge in [-0.2, -0.15) is 0 Å². The van der Waals surface area contributed by atoms with Gasteiger partial charge in [-0.3, -0.25) is 0 Å². The summed E-state index contributed by atoms with van der Waals surface area (Å²) in [5, 5.41) is 2.85. The van der Waals surface area contributed by atoms with Crippen LogP contribution in [-0.4, -0.2) is 45.2 Å². The van der Waals surface area contributed by atoms with Gasteiger partial charge in [0.05, 0.1) is 20.3 Å². The van der Waals surface area contributed by atoms with E-state index in [0.717, 1.165) is 17.3 Å². The predicted octanol–water partition coefficient (Wildman–Crippen LogP) is 3.20. The maximum atomic E-state index is 11.9. The van der Waals surface area contributed by atoms with Crippen LogP contribution in [0.4, 0.5) is 11.4 Å². The zero-order chi connectivity index (χ0) is 21.0. The highest BCUT2D eigenvalue weighted by atomic mass is 16.5. The molecule has 0 aliphatic carbocycles. The molecule has 0 radical (unpaired) electrons. The van der Waals surface area contributed by atoms with E-state index in [0.29, 0.717) is 22.7 Å². The molecule has 3 rings (SSSR count). The summed E-state index contributed by atoms with van der Waals surface area (Å²) in [5.41, 5.74) is 3.61. The van der Waals surface area contributed by atoms with E-state index in [1.165, 1.54) is 14.2 Å². The quantitative estimate of drug-likeness (QED) is 0.502. The summed E-state index contributed by atoms with van der Waals surface area (Å²) in [7, 11) is 6.39. The largest absolute Gasteiger partial charge is 0.466 e. The fourth-order valence-corrected chi connectivity index (χ4v) is 2.62. The van der Waals surface area contributed by atoms with Crippen LogP contribution in [0.3, 0.4) is 0 Å². The number of methoxy groups -OCH3 is 2. The molecule has 0 spiro atoms. The minimum Gasteiger partial charge on any atom is -0.466 e. The van der Waals surface area contributed by atoms with Gasteiger partial charge in [0.25, 0.3) is 0 Å². The van der Waals surface area contributed by atoms with Crippen molar-refractivity contribution in [3.63, 3.8) is 0 Å². The van der Waals surface area contributed by atoms with Gasteiger partial charge in [-0.1, -0.05) is 0 Å². The molecule has 1 aromatic heterocycles. The van der Waals surface area contributed by atoms with E-state index < -0.39 is 11.9 Å². The first-order valence-corrected chi connectivity index (χ1v) is 8.74. The van der Waals surface area contributed by atoms with Crippen molar-refractivity contribution in [2.75, 3.05) is 38.5 Å². The molecular formula is C21H21N3O5. The van der Waals surface area contributed by atoms with Gasteiger partial charge in [0, 0.05) is 31.0 Å². The van der Waals surface area contributed by atoms with Crippen molar-refractivity contribution in [1.29, 1.82) is 0 Å². The number of anilines is 2. The topological polar surface area (TPSA) is 93.9 Å². The second-order valence-corrected chi connectivity index (χ2v) is 6.34. The molecule has 0 saturated heterocycles. The summed E-state index contributed by atoms with van der Waals surface area (Å²) < 4.78 is 15.1. The van der Waals surface area contributed by atoms with Crippen LogP contribution in [0.15, 0.2) is 58.7 Å². The number of carbonyl (C=O) groups excluding carboxylic acids is 2. The van der Waals surface area contributed by atoms with Gasteiger partial charge in [-0.05, 0) is 42.5 Å². The Hall–Kier alpha value is -3.81. The van der Waals surface area contributed by atoms with Crippen molar-refractivity contribution in [2.24, 2.45) is 0 Å². The summed E-state index contributed by atoms with van der Waals surface area (Å²) in [6.45, 7) is 0. The average Bonchev–Trinajstić information content (AvgIpc) is 3.16. The van der Waals surface area contributed by atoms with Crippen LogP contribution >= 0.6 is 0 Å². The Labute approximate surface area is 167 Å². The first kappa shape index (κ1) is 19.9. The molecule has 2 aromatic carbocycles. The molecule has 0 unspecified atom stereocenters. The SMILES string of the molecule is COC(=O)/C=C(/Nc1ccc2oc(-c3ccc(N(C)C)cc3)nc2c1)C(=O)OC. The number of ether oxygens (including phenoxy) is 2. The molecule has 0 aliphatic rings. The van der Waals surface area contributed by atoms with Gasteiger partial charge in [0.2, 0.25) is 5.89 Å². The molecule has 1 N–H and O–H groups in total. The van der Waals surface area contributed by atoms with Crippen molar-refractivity contribution in [1.82, 2.24) is 4.98 Å². The van der Waals surface area contributed by atoms with E-state index in [4.69, 9.17) is 9.15 Å². The van der Waals surface area contributed by atoms with Crippen LogP contribution in [0.5, 0.6) is 0 Å². The number of benzene rings is 2. The number of rotatable bonds is 6. The van der Waals surface area contributed by atoms with E-state index in [2.05, 4.69) is 15.0 Å². The lowest BCUT2D eigenvalue weighted by molar-refractivity contribution is -0.138. The molecule has 0 bridgehead atoms. The molecule has 0 fully saturated rings. The second kappa shape index (κ2) is 8.47. The number of nitrogens with one attached hydrogen (secondary N) is 1. The maximum absolute atomic E-state index is 11.9. The lowest BCUT2D eigenvalue weighted by Crippen LogP contribution is -2.15. The van der Waals surface area contributed by atoms with Gasteiger partial charge < -0.3 is 24.1 Å². The molecule has 150 valence electrons. The molecule has 1 heterocycles. The van der Waals surface area contributed by atoms with Crippen LogP contribution in [0.2, 0.25) is 0 Å². The molecule has 29 heavy (non-hydrogen) atoms. The van der Waals surface area contributed by atoms with Crippen LogP contribution in [0.1, 0.15) is 0 Å². The van der Waals surface area contributed by atoms with E-state index in [1.54, 1.807) is 18.2 Å². The van der Waals surface area contributed by atoms with Gasteiger partial charge in [-0.25, -0.2) is 14.6 Å². The van der Waals surface area contributed by atoms with Gasteiger partial charge in [-0.15, -0.1) is 0 Å². The molecular weight excluding hydrogens is 374 g/mol. The Morgan fingerprint density at radius 2 is 1.79 bits per heavy atom. The van der Waals surface area contributed by atoms with Crippen LogP contribution in [0.25, 0.3) is 22.6 Å². The first-order valence-electron chi connectivity index (χ1n) is 8.74. The molecule has 3 aromatic rings. The zero-order valence-electron chi connectivity index (χ0n) is 16.6. The summed E-state index contributed by atoms with van der Waals surface area (Å²) in [6.07, 6.45) is 1.02. The van der Waals surface area contributed by atoms with Gasteiger partial charge in [0.15, 0.2) is 5.58 Å². The first-order chi connectivity index (χ1) is 13.9. The summed E-state index contributed by atoms with van der Waals surface area (Å²) >= 11 is 0. The molecule has 8 nitrogen and oxygen atoms in total. The Balaban J connectivity index is 1.89. The smallest absolute Gasteiger partial charge is 0.354 e. The number of aromatic nitrogens is 1. The highest BCUT2D eigenvalue weighted by Gasteiger charge is 2.14. The Morgan fingerprint density at radius 3 is 2.41 bits per heavy atom. The third-order valence-electron chi connectivity index (χ3n) is 4.17. The second-order valence-electron chi connectivity index (χ2n) is 6.34. The Bertz CT molecular complexity index is 1070. The number of hydrogen-bond donors (Lipinski definition) is 1. The van der Waals surface area contributed by atoms with Crippen molar-refractivity contribution in [3.8, 4) is 11.5 Å². The number of hydrogen-bond acceptors (Lipinski definition) is 8. The predicted molar refractivity (Wildman–Crippen MR) is 110 cm³/mol. The maximum Gasteiger partial charge on any atom is 0.354 e. The highest BCUT2D eigenvalue weighted by molar-refractivity contribution is 5.99. The number of oxazole rings is 1. The van der Waals surface area contributed by atoms with Crippen molar-refractivity contribution in [3.05, 3.63) is 54.2 Å². The molecule has 0 amide bonds. The van der Waals surface area contributed by atoms with Crippen molar-refractivity contribution < 1.29 is 23.5 Å². The fourth-order valence-electron chi connectivity index (χ4n) is 2.62. The Morgan fingerprint density at radius 1 is 1.07 bits per heavy atom. The van der Waals surface area contributed by atoms with Crippen molar-refractivity contribution >= 4 is 34.4 Å². The van der Waals surface area contributed by atoms with Crippen LogP contribution in [-0.2, 0) is 19.1 Å². The average molecular weight is 395 g/mol. The van der Waals surface area contributed by atoms with Crippen LogP contribution in [0, 0.1) is 0 Å². The zero-order valence-corrected chi connectivity index (χ0v) is 16.6. The minimum absolute atomic E-state index is 0.0540. The van der Waals surface area contributed by atoms with E-state index in [1.807, 2.05) is 43.3 Å². The fraction of sp³-hybridized carbons (Fsp3) is 0.190. The molecule has 8 heteroatoms.